The van der Waals surface area contributed by atoms with Gasteiger partial charge in [0.15, 0.2) is 0 Å². The van der Waals surface area contributed by atoms with Gasteiger partial charge in [-0.2, -0.15) is 96.6 Å². The van der Waals surface area contributed by atoms with Gasteiger partial charge in [-0.3, -0.25) is 0 Å². The van der Waals surface area contributed by atoms with Crippen LogP contribution in [0.3, 0.4) is 0 Å². The Labute approximate surface area is 174 Å². The molecule has 0 saturated carbocycles. The fraction of sp³-hybridized carbons (Fsp3) is 1.00. The fourth-order valence-corrected chi connectivity index (χ4v) is 1.77. The molecule has 0 rings (SSSR count). The molecule has 0 aliphatic carbocycles. The summed E-state index contributed by atoms with van der Waals surface area (Å²) < 4.78 is 281. The Morgan fingerprint density at radius 1 is 0.229 bits per heavy atom. The summed E-state index contributed by atoms with van der Waals surface area (Å²) in [6, 6.07) is 0. The quantitative estimate of drug-likeness (QED) is 0.351. The molecule has 0 amide bonds. The van der Waals surface area contributed by atoms with E-state index in [9.17, 15) is 96.6 Å². The molecule has 0 aliphatic rings. The summed E-state index contributed by atoms with van der Waals surface area (Å²) in [6.45, 7) is 0. The Morgan fingerprint density at radius 2 is 0.429 bits per heavy atom. The van der Waals surface area contributed by atoms with E-state index in [0.717, 1.165) is 0 Å². The molecule has 0 aromatic carbocycles. The van der Waals surface area contributed by atoms with Crippen LogP contribution in [0.25, 0.3) is 0 Å². The highest BCUT2D eigenvalue weighted by Crippen LogP contribution is 2.66. The first-order chi connectivity index (χ1) is 14.5. The summed E-state index contributed by atoms with van der Waals surface area (Å²) in [5.41, 5.74) is 0. The van der Waals surface area contributed by atoms with Crippen LogP contribution >= 0.6 is 0 Å². The molecule has 2 atom stereocenters. The molecule has 0 heterocycles. The van der Waals surface area contributed by atoms with Gasteiger partial charge in [-0.1, -0.05) is 0 Å². The lowest BCUT2D eigenvalue weighted by Crippen LogP contribution is -2.78. The molecule has 24 heteroatoms. The third kappa shape index (κ3) is 3.83. The van der Waals surface area contributed by atoms with Gasteiger partial charge in [-0.25, -0.2) is 0 Å². The lowest BCUT2D eigenvalue weighted by atomic mass is 9.85. The van der Waals surface area contributed by atoms with Crippen LogP contribution in [-0.2, 0) is 0 Å². The summed E-state index contributed by atoms with van der Waals surface area (Å²) in [4.78, 5) is 0. The minimum Gasteiger partial charge on any atom is -0.352 e. The Kier molecular flexibility index (Phi) is 7.34. The van der Waals surface area contributed by atoms with E-state index in [2.05, 4.69) is 0 Å². The van der Waals surface area contributed by atoms with Crippen molar-refractivity contribution in [3.05, 3.63) is 0 Å². The predicted molar refractivity (Wildman–Crippen MR) is 58.9 cm³/mol. The number of halogens is 22. The molecule has 0 spiro atoms. The van der Waals surface area contributed by atoms with Crippen molar-refractivity contribution in [2.24, 2.45) is 0 Å². The van der Waals surface area contributed by atoms with Gasteiger partial charge < -0.3 is 10.2 Å². The Hall–Kier alpha value is -1.62. The van der Waals surface area contributed by atoms with Crippen molar-refractivity contribution < 1.29 is 107 Å². The van der Waals surface area contributed by atoms with Crippen LogP contribution in [0, 0.1) is 0 Å². The maximum absolute atomic E-state index is 13.3. The van der Waals surface area contributed by atoms with Crippen LogP contribution in [0.1, 0.15) is 0 Å². The molecular weight excluding hydrogens is 582 g/mol. The molecular formula is C11H2F22O2. The van der Waals surface area contributed by atoms with E-state index < -0.39 is 65.5 Å². The summed E-state index contributed by atoms with van der Waals surface area (Å²) in [5, 5.41) is 15.9. The molecule has 2 unspecified atom stereocenters. The normalized spacial score (nSPS) is 19.9. The molecule has 2 nitrogen and oxygen atoms in total. The standard InChI is InChI=1S/C11H2F22O2/c12-1(13,3(16,17)5(20,21)7(24,25)10(28,29)30)2(14,15)4(18,19)6(22,23)8(26,34)9(27,35)11(31,32)33/h34-35H. The average Bonchev–Trinajstić information content (AvgIpc) is 2.58. The summed E-state index contributed by atoms with van der Waals surface area (Å²) >= 11 is 0. The molecule has 0 aromatic heterocycles. The van der Waals surface area contributed by atoms with E-state index in [1.165, 1.54) is 0 Å². The molecule has 35 heavy (non-hydrogen) atoms. The van der Waals surface area contributed by atoms with Crippen molar-refractivity contribution in [1.82, 2.24) is 0 Å². The Balaban J connectivity index is 7.15. The largest absolute Gasteiger partial charge is 0.460 e. The summed E-state index contributed by atoms with van der Waals surface area (Å²) in [7, 11) is 0. The number of hydrogen-bond donors (Lipinski definition) is 2. The van der Waals surface area contributed by atoms with Crippen molar-refractivity contribution >= 4 is 0 Å². The third-order valence-electron chi connectivity index (χ3n) is 3.95. The van der Waals surface area contributed by atoms with Crippen LogP contribution in [0.2, 0.25) is 0 Å². The van der Waals surface area contributed by atoms with Crippen molar-refractivity contribution in [1.29, 1.82) is 0 Å². The van der Waals surface area contributed by atoms with E-state index in [4.69, 9.17) is 10.2 Å². The monoisotopic (exact) mass is 584 g/mol. The van der Waals surface area contributed by atoms with Crippen LogP contribution in [0.5, 0.6) is 0 Å². The lowest BCUT2D eigenvalue weighted by Gasteiger charge is -2.45. The van der Waals surface area contributed by atoms with Crippen molar-refractivity contribution in [2.75, 3.05) is 0 Å². The first-order valence-corrected chi connectivity index (χ1v) is 7.10. The molecule has 0 aliphatic heterocycles. The Morgan fingerprint density at radius 3 is 0.629 bits per heavy atom. The second-order valence-corrected chi connectivity index (χ2v) is 6.26. The smallest absolute Gasteiger partial charge is 0.352 e. The van der Waals surface area contributed by atoms with Gasteiger partial charge in [-0.15, -0.1) is 0 Å². The van der Waals surface area contributed by atoms with E-state index in [1.54, 1.807) is 0 Å². The molecule has 0 aromatic rings. The molecule has 212 valence electrons. The van der Waals surface area contributed by atoms with Gasteiger partial charge >= 0.3 is 65.5 Å². The van der Waals surface area contributed by atoms with E-state index >= 15 is 0 Å². The third-order valence-corrected chi connectivity index (χ3v) is 3.95. The Bertz CT molecular complexity index is 720. The summed E-state index contributed by atoms with van der Waals surface area (Å²) in [5.74, 6) is -79.6. The second kappa shape index (κ2) is 7.69. The van der Waals surface area contributed by atoms with E-state index in [1.807, 2.05) is 0 Å². The highest BCUT2D eigenvalue weighted by molar-refractivity contribution is 5.18. The van der Waals surface area contributed by atoms with Gasteiger partial charge in [-0.05, 0) is 0 Å². The number of aliphatic hydroxyl groups is 2. The summed E-state index contributed by atoms with van der Waals surface area (Å²) in [6.07, 6.45) is -15.8. The van der Waals surface area contributed by atoms with Crippen molar-refractivity contribution in [3.63, 3.8) is 0 Å². The van der Waals surface area contributed by atoms with Crippen molar-refractivity contribution in [3.8, 4) is 0 Å². The average molecular weight is 584 g/mol. The van der Waals surface area contributed by atoms with Gasteiger partial charge in [0.05, 0.1) is 0 Å². The number of rotatable bonds is 8. The first kappa shape index (κ1) is 33.4. The predicted octanol–water partition coefficient (Wildman–Crippen LogP) is 5.87. The van der Waals surface area contributed by atoms with Crippen molar-refractivity contribution in [2.45, 2.75) is 65.5 Å². The fourth-order valence-electron chi connectivity index (χ4n) is 1.77. The maximum Gasteiger partial charge on any atom is 0.460 e. The SMILES string of the molecule is OC(F)(C(F)(F)F)C(O)(F)C(F)(F)C(F)(F)C(F)(F)C(F)(F)C(F)(F)C(F)(F)C(F)(F)C(F)(F)F. The van der Waals surface area contributed by atoms with Gasteiger partial charge in [0.25, 0.3) is 0 Å². The number of hydrogen-bond acceptors (Lipinski definition) is 2. The molecule has 0 fully saturated rings. The van der Waals surface area contributed by atoms with Crippen LogP contribution in [0.15, 0.2) is 0 Å². The lowest BCUT2D eigenvalue weighted by molar-refractivity contribution is -0.497. The zero-order valence-electron chi connectivity index (χ0n) is 14.7. The molecule has 2 N–H and O–H groups in total. The number of alkyl halides is 22. The first-order valence-electron chi connectivity index (χ1n) is 7.10. The van der Waals surface area contributed by atoms with Crippen LogP contribution < -0.4 is 0 Å². The zero-order valence-corrected chi connectivity index (χ0v) is 14.7. The van der Waals surface area contributed by atoms with E-state index in [-0.39, 0.29) is 0 Å². The van der Waals surface area contributed by atoms with Crippen LogP contribution in [-0.4, -0.2) is 75.7 Å². The molecule has 0 bridgehead atoms. The van der Waals surface area contributed by atoms with Gasteiger partial charge in [0, 0.05) is 0 Å². The second-order valence-electron chi connectivity index (χ2n) is 6.26. The highest BCUT2D eigenvalue weighted by atomic mass is 19.4. The van der Waals surface area contributed by atoms with Gasteiger partial charge in [0.1, 0.15) is 0 Å². The van der Waals surface area contributed by atoms with E-state index in [0.29, 0.717) is 0 Å². The van der Waals surface area contributed by atoms with Gasteiger partial charge in [0.2, 0.25) is 0 Å². The minimum atomic E-state index is -9.33. The molecule has 0 saturated heterocycles. The maximum atomic E-state index is 13.3. The molecule has 0 radical (unpaired) electrons. The zero-order chi connectivity index (χ0) is 29.5. The highest BCUT2D eigenvalue weighted by Gasteiger charge is 2.98. The topological polar surface area (TPSA) is 40.5 Å². The van der Waals surface area contributed by atoms with Crippen LogP contribution in [0.4, 0.5) is 96.6 Å². The minimum absolute atomic E-state index is 7.76.